The van der Waals surface area contributed by atoms with E-state index in [2.05, 4.69) is 6.07 Å². The first kappa shape index (κ1) is 11.3. The van der Waals surface area contributed by atoms with E-state index in [1.807, 2.05) is 36.0 Å². The van der Waals surface area contributed by atoms with E-state index in [-0.39, 0.29) is 0 Å². The maximum absolute atomic E-state index is 8.74. The predicted octanol–water partition coefficient (Wildman–Crippen LogP) is 3.03. The van der Waals surface area contributed by atoms with E-state index in [9.17, 15) is 0 Å². The second-order valence-corrected chi connectivity index (χ2v) is 5.10. The Morgan fingerprint density at radius 1 is 1.31 bits per heavy atom. The van der Waals surface area contributed by atoms with Crippen molar-refractivity contribution in [2.75, 3.05) is 11.5 Å². The van der Waals surface area contributed by atoms with Gasteiger partial charge in [0.15, 0.2) is 0 Å². The number of benzene rings is 1. The molecule has 0 aliphatic carbocycles. The van der Waals surface area contributed by atoms with Crippen LogP contribution in [0.2, 0.25) is 0 Å². The topological polar surface area (TPSA) is 33.0 Å². The molecule has 0 aromatic heterocycles. The van der Waals surface area contributed by atoms with Gasteiger partial charge in [0.2, 0.25) is 0 Å². The van der Waals surface area contributed by atoms with E-state index < -0.39 is 0 Å². The second kappa shape index (κ2) is 5.81. The van der Waals surface area contributed by atoms with Gasteiger partial charge < -0.3 is 4.74 Å². The van der Waals surface area contributed by atoms with E-state index in [0.29, 0.717) is 12.5 Å². The molecule has 0 amide bonds. The second-order valence-electron chi connectivity index (χ2n) is 3.87. The highest BCUT2D eigenvalue weighted by Crippen LogP contribution is 2.25. The Bertz CT molecular complexity index is 380. The summed E-state index contributed by atoms with van der Waals surface area (Å²) in [5, 5.41) is 8.74. The van der Waals surface area contributed by atoms with Crippen LogP contribution in [-0.4, -0.2) is 17.6 Å². The van der Waals surface area contributed by atoms with Crippen molar-refractivity contribution >= 4 is 11.8 Å². The first-order valence-corrected chi connectivity index (χ1v) is 6.75. The van der Waals surface area contributed by atoms with Crippen LogP contribution >= 0.6 is 11.8 Å². The summed E-state index contributed by atoms with van der Waals surface area (Å²) in [6.07, 6.45) is 3.00. The van der Waals surface area contributed by atoms with Crippen LogP contribution < -0.4 is 4.74 Å². The number of thioether (sulfide) groups is 1. The Hall–Kier alpha value is -1.14. The number of hydrogen-bond acceptors (Lipinski definition) is 3. The van der Waals surface area contributed by atoms with Gasteiger partial charge in [-0.15, -0.1) is 0 Å². The number of nitriles is 1. The average Bonchev–Trinajstić information content (AvgIpc) is 2.33. The fourth-order valence-corrected chi connectivity index (χ4v) is 2.89. The predicted molar refractivity (Wildman–Crippen MR) is 66.7 cm³/mol. The zero-order valence-electron chi connectivity index (χ0n) is 9.19. The molecule has 1 aliphatic rings. The van der Waals surface area contributed by atoms with Crippen LogP contribution in [0, 0.1) is 11.3 Å². The molecule has 84 valence electrons. The molecular formula is C13H15NOS. The molecule has 16 heavy (non-hydrogen) atoms. The summed E-state index contributed by atoms with van der Waals surface area (Å²) in [7, 11) is 0. The fourth-order valence-electron chi connectivity index (χ4n) is 1.82. The minimum atomic E-state index is 0.334. The van der Waals surface area contributed by atoms with Crippen molar-refractivity contribution < 1.29 is 4.74 Å². The molecule has 0 unspecified atom stereocenters. The van der Waals surface area contributed by atoms with Crippen LogP contribution in [0.4, 0.5) is 0 Å². The molecule has 0 N–H and O–H groups in total. The molecular weight excluding hydrogens is 218 g/mol. The van der Waals surface area contributed by atoms with Gasteiger partial charge in [0.1, 0.15) is 11.9 Å². The Morgan fingerprint density at radius 3 is 2.81 bits per heavy atom. The lowest BCUT2D eigenvalue weighted by Crippen LogP contribution is -2.22. The van der Waals surface area contributed by atoms with Gasteiger partial charge >= 0.3 is 0 Å². The molecule has 3 heteroatoms. The quantitative estimate of drug-likeness (QED) is 0.804. The molecule has 1 heterocycles. The van der Waals surface area contributed by atoms with E-state index in [0.717, 1.165) is 24.2 Å². The minimum absolute atomic E-state index is 0.334. The van der Waals surface area contributed by atoms with Gasteiger partial charge in [0.25, 0.3) is 0 Å². The monoisotopic (exact) mass is 233 g/mol. The molecule has 1 saturated heterocycles. The van der Waals surface area contributed by atoms with E-state index in [1.54, 1.807) is 0 Å². The summed E-state index contributed by atoms with van der Waals surface area (Å²) in [5.74, 6) is 3.26. The number of hydrogen-bond donors (Lipinski definition) is 0. The average molecular weight is 233 g/mol. The van der Waals surface area contributed by atoms with Crippen molar-refractivity contribution in [3.05, 3.63) is 29.8 Å². The summed E-state index contributed by atoms with van der Waals surface area (Å²) in [6.45, 7) is 0. The summed E-state index contributed by atoms with van der Waals surface area (Å²) in [6, 6.07) is 10.0. The third-order valence-electron chi connectivity index (χ3n) is 2.70. The van der Waals surface area contributed by atoms with Crippen molar-refractivity contribution in [1.29, 1.82) is 5.26 Å². The fraction of sp³-hybridized carbons (Fsp3) is 0.462. The van der Waals surface area contributed by atoms with Gasteiger partial charge in [-0.2, -0.15) is 17.0 Å². The van der Waals surface area contributed by atoms with Crippen molar-refractivity contribution in [3.63, 3.8) is 0 Å². The molecule has 0 atom stereocenters. The first-order chi connectivity index (χ1) is 7.90. The highest BCUT2D eigenvalue weighted by atomic mass is 32.2. The first-order valence-electron chi connectivity index (χ1n) is 5.59. The van der Waals surface area contributed by atoms with Crippen molar-refractivity contribution in [3.8, 4) is 11.8 Å². The Kier molecular flexibility index (Phi) is 4.12. The van der Waals surface area contributed by atoms with Crippen molar-refractivity contribution in [2.45, 2.75) is 25.4 Å². The summed E-state index contributed by atoms with van der Waals surface area (Å²) >= 11 is 1.99. The maximum Gasteiger partial charge on any atom is 0.123 e. The van der Waals surface area contributed by atoms with Gasteiger partial charge in [0.05, 0.1) is 12.5 Å². The minimum Gasteiger partial charge on any atom is -0.490 e. The highest BCUT2D eigenvalue weighted by Gasteiger charge is 2.16. The molecule has 2 rings (SSSR count). The zero-order valence-corrected chi connectivity index (χ0v) is 10.0. The van der Waals surface area contributed by atoms with Crippen LogP contribution in [0.15, 0.2) is 24.3 Å². The smallest absolute Gasteiger partial charge is 0.123 e. The van der Waals surface area contributed by atoms with Crippen LogP contribution in [0.3, 0.4) is 0 Å². The summed E-state index contributed by atoms with van der Waals surface area (Å²) in [5.41, 5.74) is 1.00. The molecule has 0 bridgehead atoms. The van der Waals surface area contributed by atoms with Crippen LogP contribution in [0.25, 0.3) is 0 Å². The number of rotatable bonds is 3. The third kappa shape index (κ3) is 2.93. The Morgan fingerprint density at radius 2 is 2.06 bits per heavy atom. The van der Waals surface area contributed by atoms with Gasteiger partial charge in [-0.05, 0) is 30.4 Å². The van der Waals surface area contributed by atoms with Gasteiger partial charge in [-0.1, -0.05) is 18.2 Å². The molecule has 1 aromatic carbocycles. The van der Waals surface area contributed by atoms with E-state index in [1.165, 1.54) is 11.5 Å². The van der Waals surface area contributed by atoms with E-state index >= 15 is 0 Å². The molecule has 0 radical (unpaired) electrons. The molecule has 1 aliphatic heterocycles. The molecule has 1 aromatic rings. The lowest BCUT2D eigenvalue weighted by molar-refractivity contribution is 0.191. The van der Waals surface area contributed by atoms with E-state index in [4.69, 9.17) is 10.00 Å². The number of para-hydroxylation sites is 1. The van der Waals surface area contributed by atoms with Gasteiger partial charge in [-0.25, -0.2) is 0 Å². The lowest BCUT2D eigenvalue weighted by atomic mass is 10.1. The number of ether oxygens (including phenoxy) is 1. The SMILES string of the molecule is N#CCc1ccccc1OC1CCSCC1. The summed E-state index contributed by atoms with van der Waals surface area (Å²) < 4.78 is 5.97. The zero-order chi connectivity index (χ0) is 11.2. The normalized spacial score (nSPS) is 16.7. The summed E-state index contributed by atoms with van der Waals surface area (Å²) in [4.78, 5) is 0. The molecule has 1 fully saturated rings. The largest absolute Gasteiger partial charge is 0.490 e. The third-order valence-corrected chi connectivity index (χ3v) is 3.75. The van der Waals surface area contributed by atoms with Crippen LogP contribution in [-0.2, 0) is 6.42 Å². The maximum atomic E-state index is 8.74. The highest BCUT2D eigenvalue weighted by molar-refractivity contribution is 7.99. The van der Waals surface area contributed by atoms with Gasteiger partial charge in [0, 0.05) is 5.56 Å². The van der Waals surface area contributed by atoms with Crippen molar-refractivity contribution in [2.24, 2.45) is 0 Å². The molecule has 0 spiro atoms. The van der Waals surface area contributed by atoms with Crippen LogP contribution in [0.5, 0.6) is 5.75 Å². The molecule has 2 nitrogen and oxygen atoms in total. The molecule has 0 saturated carbocycles. The lowest BCUT2D eigenvalue weighted by Gasteiger charge is -2.23. The Balaban J connectivity index is 2.05. The number of nitrogens with zero attached hydrogens (tertiary/aromatic N) is 1. The van der Waals surface area contributed by atoms with Crippen LogP contribution in [0.1, 0.15) is 18.4 Å². The van der Waals surface area contributed by atoms with Crippen molar-refractivity contribution in [1.82, 2.24) is 0 Å². The standard InChI is InChI=1S/C13H15NOS/c14-8-5-11-3-1-2-4-13(11)15-12-6-9-16-10-7-12/h1-4,12H,5-7,9-10H2. The van der Waals surface area contributed by atoms with Gasteiger partial charge in [-0.3, -0.25) is 0 Å². The Labute approximate surface area is 101 Å².